The molecule has 0 aliphatic carbocycles. The van der Waals surface area contributed by atoms with Crippen molar-refractivity contribution in [1.29, 1.82) is 0 Å². The highest BCUT2D eigenvalue weighted by Gasteiger charge is 2.29. The lowest BCUT2D eigenvalue weighted by molar-refractivity contribution is -0.150. The number of rotatable bonds is 10. The number of ether oxygens (including phenoxy) is 3. The predicted octanol–water partition coefficient (Wildman–Crippen LogP) is 0.610. The van der Waals surface area contributed by atoms with Gasteiger partial charge in [-0.1, -0.05) is 11.6 Å². The van der Waals surface area contributed by atoms with Crippen LogP contribution in [0, 0.1) is 0 Å². The first-order valence-electron chi connectivity index (χ1n) is 9.34. The lowest BCUT2D eigenvalue weighted by atomic mass is 10.1. The molecule has 0 aliphatic rings. The number of esters is 1. The SMILES string of the molecule is COc1ncc(COc2cc3oc(=O)n(C(C)C(=O)OCC(N)(CO)CO)c3cc2Cl)o1. The normalized spacial score (nSPS) is 12.7. The summed E-state index contributed by atoms with van der Waals surface area (Å²) >= 11 is 6.28. The molecule has 4 N–H and O–H groups in total. The smallest absolute Gasteiger partial charge is 0.420 e. The first kappa shape index (κ1) is 23.6. The minimum atomic E-state index is -1.50. The van der Waals surface area contributed by atoms with E-state index in [9.17, 15) is 19.8 Å². The average Bonchev–Trinajstić information content (AvgIpc) is 3.38. The van der Waals surface area contributed by atoms with E-state index in [2.05, 4.69) is 4.98 Å². The number of nitrogens with zero attached hydrogens (tertiary/aromatic N) is 2. The summed E-state index contributed by atoms with van der Waals surface area (Å²) < 4.78 is 27.1. The van der Waals surface area contributed by atoms with Gasteiger partial charge in [-0.05, 0) is 13.0 Å². The number of aromatic nitrogens is 2. The van der Waals surface area contributed by atoms with Gasteiger partial charge >= 0.3 is 17.8 Å². The second-order valence-corrected chi connectivity index (χ2v) is 7.44. The van der Waals surface area contributed by atoms with Gasteiger partial charge in [-0.15, -0.1) is 0 Å². The van der Waals surface area contributed by atoms with Crippen LogP contribution in [0.15, 0.2) is 32.0 Å². The summed E-state index contributed by atoms with van der Waals surface area (Å²) in [7, 11) is 1.41. The minimum Gasteiger partial charge on any atom is -0.484 e. The Balaban J connectivity index is 1.80. The topological polar surface area (TPSA) is 172 Å². The van der Waals surface area contributed by atoms with E-state index in [-0.39, 0.29) is 34.6 Å². The summed E-state index contributed by atoms with van der Waals surface area (Å²) in [6.45, 7) is -0.229. The Morgan fingerprint density at radius 1 is 1.34 bits per heavy atom. The molecule has 12 nitrogen and oxygen atoms in total. The van der Waals surface area contributed by atoms with Crippen molar-refractivity contribution in [3.8, 4) is 11.8 Å². The van der Waals surface area contributed by atoms with Gasteiger partial charge in [0.25, 0.3) is 0 Å². The first-order chi connectivity index (χ1) is 15.2. The number of halogens is 1. The zero-order valence-corrected chi connectivity index (χ0v) is 18.0. The van der Waals surface area contributed by atoms with Gasteiger partial charge < -0.3 is 39.0 Å². The number of aliphatic hydroxyl groups excluding tert-OH is 2. The van der Waals surface area contributed by atoms with Crippen molar-refractivity contribution in [2.24, 2.45) is 5.73 Å². The second-order valence-electron chi connectivity index (χ2n) is 7.04. The Morgan fingerprint density at radius 3 is 2.69 bits per heavy atom. The molecule has 0 amide bonds. The van der Waals surface area contributed by atoms with E-state index < -0.39 is 43.1 Å². The number of oxazole rings is 2. The zero-order chi connectivity index (χ0) is 23.5. The highest BCUT2D eigenvalue weighted by atomic mass is 35.5. The molecule has 0 bridgehead atoms. The van der Waals surface area contributed by atoms with Gasteiger partial charge in [0.1, 0.15) is 25.0 Å². The molecule has 32 heavy (non-hydrogen) atoms. The van der Waals surface area contributed by atoms with E-state index >= 15 is 0 Å². The van der Waals surface area contributed by atoms with Crippen LogP contribution in [0.25, 0.3) is 11.1 Å². The standard InChI is InChI=1S/C19H22ClN3O9/c1-10(16(26)30-9-19(21,7-24)8-25)23-13-3-12(20)14(4-15(13)32-18(23)27)29-6-11-5-22-17(28-2)31-11/h3-5,10,24-25H,6-9,21H2,1-2H3. The molecule has 3 aromatic rings. The third-order valence-corrected chi connectivity index (χ3v) is 4.90. The molecular formula is C19H22ClN3O9. The Labute approximate surface area is 186 Å². The molecule has 0 saturated heterocycles. The Morgan fingerprint density at radius 2 is 2.06 bits per heavy atom. The molecule has 0 spiro atoms. The lowest BCUT2D eigenvalue weighted by Gasteiger charge is -2.24. The number of aliphatic hydroxyl groups is 2. The minimum absolute atomic E-state index is 0.00813. The van der Waals surface area contributed by atoms with Crippen molar-refractivity contribution in [3.05, 3.63) is 39.7 Å². The fourth-order valence-electron chi connectivity index (χ4n) is 2.69. The number of hydrogen-bond donors (Lipinski definition) is 3. The highest BCUT2D eigenvalue weighted by molar-refractivity contribution is 6.32. The third kappa shape index (κ3) is 4.88. The largest absolute Gasteiger partial charge is 0.484 e. The van der Waals surface area contributed by atoms with E-state index in [1.165, 1.54) is 32.4 Å². The van der Waals surface area contributed by atoms with Crippen molar-refractivity contribution in [3.63, 3.8) is 0 Å². The maximum absolute atomic E-state index is 12.4. The summed E-state index contributed by atoms with van der Waals surface area (Å²) in [4.78, 5) is 28.7. The first-order valence-corrected chi connectivity index (χ1v) is 9.72. The van der Waals surface area contributed by atoms with Crippen molar-refractivity contribution in [2.75, 3.05) is 26.9 Å². The third-order valence-electron chi connectivity index (χ3n) is 4.60. The van der Waals surface area contributed by atoms with E-state index in [1.54, 1.807) is 0 Å². The van der Waals surface area contributed by atoms with E-state index in [1.807, 2.05) is 0 Å². The van der Waals surface area contributed by atoms with Crippen LogP contribution in [-0.2, 0) is 16.1 Å². The summed E-state index contributed by atoms with van der Waals surface area (Å²) in [6.07, 6.45) is 1.51. The molecule has 0 radical (unpaired) electrons. The maximum Gasteiger partial charge on any atom is 0.420 e. The van der Waals surface area contributed by atoms with Crippen LogP contribution in [-0.4, -0.2) is 58.2 Å². The average molecular weight is 472 g/mol. The second kappa shape index (κ2) is 9.61. The van der Waals surface area contributed by atoms with Gasteiger partial charge in [-0.2, -0.15) is 4.98 Å². The summed E-state index contributed by atoms with van der Waals surface area (Å²) in [5.74, 6) is -1.04. The van der Waals surface area contributed by atoms with Crippen molar-refractivity contribution in [1.82, 2.24) is 9.55 Å². The number of nitrogens with two attached hydrogens (primary N) is 1. The van der Waals surface area contributed by atoms with Crippen LogP contribution in [0.4, 0.5) is 0 Å². The molecule has 0 fully saturated rings. The number of fused-ring (bicyclic) bond motifs is 1. The molecule has 0 aliphatic heterocycles. The molecule has 2 aromatic heterocycles. The monoisotopic (exact) mass is 471 g/mol. The Kier molecular flexibility index (Phi) is 7.09. The molecule has 3 rings (SSSR count). The Hall–Kier alpha value is -3.06. The highest BCUT2D eigenvalue weighted by Crippen LogP contribution is 2.32. The number of methoxy groups -OCH3 is 1. The molecular weight excluding hydrogens is 450 g/mol. The molecule has 2 heterocycles. The van der Waals surface area contributed by atoms with Gasteiger partial charge in [0.2, 0.25) is 0 Å². The van der Waals surface area contributed by atoms with Gasteiger partial charge in [-0.3, -0.25) is 4.57 Å². The quantitative estimate of drug-likeness (QED) is 0.353. The van der Waals surface area contributed by atoms with E-state index in [4.69, 9.17) is 40.4 Å². The molecule has 1 aromatic carbocycles. The van der Waals surface area contributed by atoms with Crippen molar-refractivity contribution >= 4 is 28.7 Å². The molecule has 1 unspecified atom stereocenters. The summed E-state index contributed by atoms with van der Waals surface area (Å²) in [5, 5.41) is 18.6. The molecule has 1 atom stereocenters. The van der Waals surface area contributed by atoms with Crippen molar-refractivity contribution in [2.45, 2.75) is 25.1 Å². The van der Waals surface area contributed by atoms with E-state index in [0.29, 0.717) is 5.76 Å². The molecule has 174 valence electrons. The fourth-order valence-corrected chi connectivity index (χ4v) is 2.91. The van der Waals surface area contributed by atoms with Gasteiger partial charge in [0.15, 0.2) is 11.3 Å². The van der Waals surface area contributed by atoms with Gasteiger partial charge in [0, 0.05) is 6.07 Å². The summed E-state index contributed by atoms with van der Waals surface area (Å²) in [6, 6.07) is 1.72. The van der Waals surface area contributed by atoms with Crippen LogP contribution in [0.1, 0.15) is 18.7 Å². The van der Waals surface area contributed by atoms with E-state index in [0.717, 1.165) is 4.57 Å². The Bertz CT molecular complexity index is 1150. The number of benzene rings is 1. The van der Waals surface area contributed by atoms with Crippen LogP contribution < -0.4 is 21.0 Å². The number of carbonyl (C=O) groups excluding carboxylic acids is 1. The fraction of sp³-hybridized carbons (Fsp3) is 0.421. The van der Waals surface area contributed by atoms with Gasteiger partial charge in [0.05, 0.1) is 42.6 Å². The van der Waals surface area contributed by atoms with Crippen LogP contribution in [0.3, 0.4) is 0 Å². The predicted molar refractivity (Wildman–Crippen MR) is 110 cm³/mol. The van der Waals surface area contributed by atoms with Gasteiger partial charge in [-0.25, -0.2) is 9.59 Å². The summed E-state index contributed by atoms with van der Waals surface area (Å²) in [5.41, 5.74) is 4.55. The zero-order valence-electron chi connectivity index (χ0n) is 17.2. The van der Waals surface area contributed by atoms with Crippen LogP contribution in [0.5, 0.6) is 11.8 Å². The van der Waals surface area contributed by atoms with Crippen molar-refractivity contribution < 1.29 is 38.1 Å². The van der Waals surface area contributed by atoms with Crippen LogP contribution >= 0.6 is 11.6 Å². The number of carbonyl (C=O) groups is 1. The van der Waals surface area contributed by atoms with Crippen LogP contribution in [0.2, 0.25) is 5.02 Å². The molecule has 13 heteroatoms. The maximum atomic E-state index is 12.4. The number of hydrogen-bond acceptors (Lipinski definition) is 11. The molecule has 0 saturated carbocycles. The lowest BCUT2D eigenvalue weighted by Crippen LogP contribution is -2.52.